The normalized spacial score (nSPS) is 13.1. The van der Waals surface area contributed by atoms with Crippen molar-refractivity contribution in [2.75, 3.05) is 0 Å². The molecule has 2 aromatic heterocycles. The lowest BCUT2D eigenvalue weighted by molar-refractivity contribution is 0.677. The van der Waals surface area contributed by atoms with Crippen molar-refractivity contribution in [3.63, 3.8) is 0 Å². The fourth-order valence-electron chi connectivity index (χ4n) is 1.60. The van der Waals surface area contributed by atoms with Gasteiger partial charge >= 0.3 is 0 Å². The second-order valence-corrected chi connectivity index (χ2v) is 4.80. The number of aromatic nitrogens is 2. The predicted molar refractivity (Wildman–Crippen MR) is 63.3 cm³/mol. The molecule has 0 aromatic carbocycles. The Balaban J connectivity index is 2.45. The first-order valence-corrected chi connectivity index (χ1v) is 5.84. The first-order valence-electron chi connectivity index (χ1n) is 4.58. The summed E-state index contributed by atoms with van der Waals surface area (Å²) in [5, 5.41) is 6.75. The molecule has 2 rings (SSSR count). The van der Waals surface area contributed by atoms with Gasteiger partial charge in [-0.3, -0.25) is 4.68 Å². The minimum absolute atomic E-state index is 0.190. The van der Waals surface area contributed by atoms with E-state index in [1.54, 1.807) is 22.2 Å². The van der Waals surface area contributed by atoms with Crippen molar-refractivity contribution in [1.29, 1.82) is 0 Å². The number of hydrogen-bond donors (Lipinski definition) is 1. The highest BCUT2D eigenvalue weighted by Crippen LogP contribution is 2.30. The van der Waals surface area contributed by atoms with Gasteiger partial charge in [0.25, 0.3) is 0 Å². The largest absolute Gasteiger partial charge is 0.318 e. The van der Waals surface area contributed by atoms with Crippen LogP contribution in [0.5, 0.6) is 0 Å². The van der Waals surface area contributed by atoms with E-state index < -0.39 is 0 Å². The van der Waals surface area contributed by atoms with E-state index in [-0.39, 0.29) is 6.04 Å². The first kappa shape index (κ1) is 10.7. The van der Waals surface area contributed by atoms with E-state index in [9.17, 15) is 0 Å². The zero-order chi connectivity index (χ0) is 11.0. The lowest BCUT2D eigenvalue weighted by atomic mass is 10.1. The van der Waals surface area contributed by atoms with Crippen molar-refractivity contribution in [1.82, 2.24) is 9.78 Å². The molecular formula is C10H12ClN3S. The van der Waals surface area contributed by atoms with Crippen LogP contribution in [0.2, 0.25) is 5.02 Å². The minimum Gasteiger partial charge on any atom is -0.318 e. The molecule has 0 amide bonds. The molecule has 0 fully saturated rings. The lowest BCUT2D eigenvalue weighted by Gasteiger charge is -2.12. The number of halogens is 1. The lowest BCUT2D eigenvalue weighted by Crippen LogP contribution is -2.16. The van der Waals surface area contributed by atoms with Crippen molar-refractivity contribution < 1.29 is 0 Å². The van der Waals surface area contributed by atoms with E-state index >= 15 is 0 Å². The maximum atomic E-state index is 6.17. The van der Waals surface area contributed by atoms with Gasteiger partial charge in [0.15, 0.2) is 0 Å². The number of nitrogens with two attached hydrogens (primary N) is 1. The fourth-order valence-corrected chi connectivity index (χ4v) is 2.81. The van der Waals surface area contributed by atoms with E-state index in [4.69, 9.17) is 17.3 Å². The van der Waals surface area contributed by atoms with Crippen LogP contribution in [0.15, 0.2) is 17.6 Å². The number of aryl methyl sites for hydroxylation is 2. The van der Waals surface area contributed by atoms with Crippen LogP contribution in [0.4, 0.5) is 0 Å². The van der Waals surface area contributed by atoms with Gasteiger partial charge in [0.1, 0.15) is 0 Å². The topological polar surface area (TPSA) is 43.8 Å². The van der Waals surface area contributed by atoms with E-state index in [2.05, 4.69) is 18.1 Å². The van der Waals surface area contributed by atoms with Crippen LogP contribution in [0.25, 0.3) is 0 Å². The first-order chi connectivity index (χ1) is 7.11. The monoisotopic (exact) mass is 241 g/mol. The Morgan fingerprint density at radius 2 is 2.33 bits per heavy atom. The highest BCUT2D eigenvalue weighted by Gasteiger charge is 2.19. The Bertz CT molecular complexity index is 455. The minimum atomic E-state index is -0.190. The number of thiophene rings is 1. The Kier molecular flexibility index (Phi) is 2.82. The molecule has 0 aliphatic rings. The van der Waals surface area contributed by atoms with Crippen molar-refractivity contribution in [3.8, 4) is 0 Å². The van der Waals surface area contributed by atoms with Crippen LogP contribution in [0.1, 0.15) is 22.2 Å². The third-order valence-electron chi connectivity index (χ3n) is 2.42. The van der Waals surface area contributed by atoms with Crippen molar-refractivity contribution in [2.24, 2.45) is 12.8 Å². The fraction of sp³-hybridized carbons (Fsp3) is 0.300. The summed E-state index contributed by atoms with van der Waals surface area (Å²) in [6, 6.07) is 1.87. The van der Waals surface area contributed by atoms with Gasteiger partial charge in [-0.15, -0.1) is 11.3 Å². The molecule has 0 saturated heterocycles. The number of nitrogens with zero attached hydrogens (tertiary/aromatic N) is 2. The van der Waals surface area contributed by atoms with Gasteiger partial charge < -0.3 is 5.73 Å². The third-order valence-corrected chi connectivity index (χ3v) is 3.81. The summed E-state index contributed by atoms with van der Waals surface area (Å²) in [6.45, 7) is 2.05. The molecule has 1 unspecified atom stereocenters. The van der Waals surface area contributed by atoms with E-state index in [0.717, 1.165) is 10.6 Å². The smallest absolute Gasteiger partial charge is 0.0837 e. The van der Waals surface area contributed by atoms with Crippen LogP contribution in [0, 0.1) is 6.92 Å². The summed E-state index contributed by atoms with van der Waals surface area (Å²) < 4.78 is 1.73. The third kappa shape index (κ3) is 1.80. The molecule has 0 saturated carbocycles. The molecule has 0 radical (unpaired) electrons. The van der Waals surface area contributed by atoms with Crippen LogP contribution in [0.3, 0.4) is 0 Å². The quantitative estimate of drug-likeness (QED) is 0.878. The number of rotatable bonds is 2. The summed E-state index contributed by atoms with van der Waals surface area (Å²) in [5.74, 6) is 0. The van der Waals surface area contributed by atoms with E-state index in [1.165, 1.54) is 5.56 Å². The molecule has 0 bridgehead atoms. The summed E-state index contributed by atoms with van der Waals surface area (Å²) in [7, 11) is 1.85. The molecule has 5 heteroatoms. The highest BCUT2D eigenvalue weighted by molar-refractivity contribution is 7.10. The van der Waals surface area contributed by atoms with Crippen molar-refractivity contribution in [2.45, 2.75) is 13.0 Å². The van der Waals surface area contributed by atoms with Crippen LogP contribution < -0.4 is 5.73 Å². The average Bonchev–Trinajstić information content (AvgIpc) is 2.73. The van der Waals surface area contributed by atoms with Gasteiger partial charge in [0.05, 0.1) is 23.0 Å². The van der Waals surface area contributed by atoms with Crippen molar-refractivity contribution >= 4 is 22.9 Å². The van der Waals surface area contributed by atoms with E-state index in [0.29, 0.717) is 5.02 Å². The van der Waals surface area contributed by atoms with Gasteiger partial charge in [-0.1, -0.05) is 11.6 Å². The SMILES string of the molecule is Cc1ccsc1C(N)c1c(Cl)cnn1C. The molecule has 15 heavy (non-hydrogen) atoms. The van der Waals surface area contributed by atoms with Crippen molar-refractivity contribution in [3.05, 3.63) is 38.8 Å². The zero-order valence-electron chi connectivity index (χ0n) is 8.57. The second-order valence-electron chi connectivity index (χ2n) is 3.45. The Hall–Kier alpha value is -0.840. The predicted octanol–water partition coefficient (Wildman–Crippen LogP) is 2.49. The maximum Gasteiger partial charge on any atom is 0.0837 e. The van der Waals surface area contributed by atoms with Crippen LogP contribution >= 0.6 is 22.9 Å². The molecule has 1 atom stereocenters. The van der Waals surface area contributed by atoms with Gasteiger partial charge in [0.2, 0.25) is 0 Å². The van der Waals surface area contributed by atoms with Gasteiger partial charge in [0, 0.05) is 11.9 Å². The van der Waals surface area contributed by atoms with Gasteiger partial charge in [-0.05, 0) is 23.9 Å². The van der Waals surface area contributed by atoms with Crippen LogP contribution in [-0.2, 0) is 7.05 Å². The Morgan fingerprint density at radius 1 is 1.60 bits per heavy atom. The molecule has 0 aliphatic heterocycles. The maximum absolute atomic E-state index is 6.17. The Labute approximate surface area is 97.5 Å². The molecule has 3 nitrogen and oxygen atoms in total. The Morgan fingerprint density at radius 3 is 2.80 bits per heavy atom. The van der Waals surface area contributed by atoms with Crippen LogP contribution in [-0.4, -0.2) is 9.78 Å². The summed E-state index contributed by atoms with van der Waals surface area (Å²) in [4.78, 5) is 1.14. The average molecular weight is 242 g/mol. The molecule has 2 N–H and O–H groups in total. The van der Waals surface area contributed by atoms with E-state index in [1.807, 2.05) is 12.4 Å². The molecule has 0 spiro atoms. The standard InChI is InChI=1S/C10H12ClN3S/c1-6-3-4-15-10(6)8(12)9-7(11)5-13-14(9)2/h3-5,8H,12H2,1-2H3. The number of hydrogen-bond acceptors (Lipinski definition) is 3. The summed E-state index contributed by atoms with van der Waals surface area (Å²) >= 11 is 7.70. The summed E-state index contributed by atoms with van der Waals surface area (Å²) in [5.41, 5.74) is 8.23. The highest BCUT2D eigenvalue weighted by atomic mass is 35.5. The summed E-state index contributed by atoms with van der Waals surface area (Å²) in [6.07, 6.45) is 1.62. The van der Waals surface area contributed by atoms with Gasteiger partial charge in [-0.2, -0.15) is 5.10 Å². The molecular weight excluding hydrogens is 230 g/mol. The molecule has 2 heterocycles. The zero-order valence-corrected chi connectivity index (χ0v) is 10.1. The molecule has 80 valence electrons. The molecule has 2 aromatic rings. The van der Waals surface area contributed by atoms with Gasteiger partial charge in [-0.25, -0.2) is 0 Å². The molecule has 0 aliphatic carbocycles. The second kappa shape index (κ2) is 3.96.